The summed E-state index contributed by atoms with van der Waals surface area (Å²) >= 11 is 0. The van der Waals surface area contributed by atoms with E-state index in [4.69, 9.17) is 4.74 Å². The van der Waals surface area contributed by atoms with Crippen LogP contribution in [0.15, 0.2) is 48.5 Å². The number of nitrogens with one attached hydrogen (secondary N) is 8. The summed E-state index contributed by atoms with van der Waals surface area (Å²) in [4.78, 5) is 53.4. The van der Waals surface area contributed by atoms with Crippen LogP contribution in [0.3, 0.4) is 0 Å². The van der Waals surface area contributed by atoms with Crippen molar-refractivity contribution in [1.82, 2.24) is 42.5 Å². The molecular formula is C56H66N8O8. The minimum Gasteiger partial charge on any atom is -0.478 e. The zero-order valence-electron chi connectivity index (χ0n) is 40.4. The number of carbonyl (C=O) groups excluding carboxylic acids is 1. The Hall–Kier alpha value is -5.04. The molecular weight excluding hydrogens is 913 g/mol. The van der Waals surface area contributed by atoms with Gasteiger partial charge in [0, 0.05) is 16.7 Å². The SMILES string of the molecule is O=C(O)c1ccc2c3ccc(C(=O)O)c4c(C(=O)OC5CCCC6C7NC8NC(NC9NC(NC%10NC(NC(N7)C56)C5CCCCC%105)C5CCCCC95)C5CCCCC85)ccc(c5ccc(C(=O)O)c1c25)c43. The van der Waals surface area contributed by atoms with Gasteiger partial charge in [-0.2, -0.15) is 0 Å². The summed E-state index contributed by atoms with van der Waals surface area (Å²) < 4.78 is 6.83. The van der Waals surface area contributed by atoms with E-state index in [2.05, 4.69) is 42.5 Å². The van der Waals surface area contributed by atoms with Gasteiger partial charge < -0.3 is 20.1 Å². The molecule has 9 fully saturated rings. The highest BCUT2D eigenvalue weighted by Crippen LogP contribution is 2.48. The Labute approximate surface area is 417 Å². The van der Waals surface area contributed by atoms with E-state index >= 15 is 4.79 Å². The van der Waals surface area contributed by atoms with Gasteiger partial charge in [-0.1, -0.05) is 62.8 Å². The number of rotatable bonds is 5. The Kier molecular flexibility index (Phi) is 11.1. The van der Waals surface area contributed by atoms with Crippen LogP contribution in [0.4, 0.5) is 0 Å². The molecule has 0 aromatic heterocycles. The topological polar surface area (TPSA) is 234 Å². The van der Waals surface area contributed by atoms with Crippen LogP contribution < -0.4 is 42.5 Å². The van der Waals surface area contributed by atoms with E-state index in [0.717, 1.165) is 19.3 Å². The first-order valence-electron chi connectivity index (χ1n) is 27.3. The van der Waals surface area contributed by atoms with Crippen LogP contribution in [0.25, 0.3) is 43.1 Å². The van der Waals surface area contributed by atoms with Crippen molar-refractivity contribution >= 4 is 67.0 Å². The highest BCUT2D eigenvalue weighted by Gasteiger charge is 2.56. The lowest BCUT2D eigenvalue weighted by molar-refractivity contribution is -0.0171. The first kappa shape index (κ1) is 45.6. The lowest BCUT2D eigenvalue weighted by Gasteiger charge is -2.39. The Morgan fingerprint density at radius 3 is 0.986 bits per heavy atom. The number of carbonyl (C=O) groups is 4. The van der Waals surface area contributed by atoms with E-state index in [0.29, 0.717) is 74.2 Å². The van der Waals surface area contributed by atoms with Gasteiger partial charge in [-0.15, -0.1) is 0 Å². The van der Waals surface area contributed by atoms with Crippen molar-refractivity contribution in [2.24, 2.45) is 47.3 Å². The van der Waals surface area contributed by atoms with Crippen LogP contribution in [0.2, 0.25) is 0 Å². The van der Waals surface area contributed by atoms with Crippen LogP contribution in [-0.2, 0) is 4.74 Å². The zero-order valence-corrected chi connectivity index (χ0v) is 40.4. The molecule has 0 amide bonds. The number of carboxylic acid groups (broad SMARTS) is 3. The fourth-order valence-corrected chi connectivity index (χ4v) is 16.9. The first-order valence-corrected chi connectivity index (χ1v) is 27.3. The minimum absolute atomic E-state index is 0.0415. The standard InChI is InChI=1S/C56H66N8O8/c65-53(66)35-20-16-24-26-18-22-37(55(69)70)43-38(23-19-27(41(26)43)25-17-21-36(54(67)68)42(35)40(24)25)56(71)72-39-15-7-14-34-44(39)52-63-50-33-13-6-5-12-32(33)48(61-50)59-46-29-9-2-1-8-28(29)45(57-46)58-47-30-10-3-4-11-31(30)49(60-47)62-51(34)64-52/h16-23,28-34,39,44-52,57-64H,1-15H2,(H,65,66)(H,67,68)(H,69,70). The van der Waals surface area contributed by atoms with E-state index < -0.39 is 30.0 Å². The summed E-state index contributed by atoms with van der Waals surface area (Å²) in [5.74, 6) is -1.11. The molecule has 5 aromatic carbocycles. The average molecular weight is 979 g/mol. The molecule has 0 radical (unpaired) electrons. The molecule has 16 nitrogen and oxygen atoms in total. The van der Waals surface area contributed by atoms with Gasteiger partial charge in [0.15, 0.2) is 0 Å². The maximum absolute atomic E-state index is 15.2. The number of fused-ring (bicyclic) bond motifs is 22. The highest BCUT2D eigenvalue weighted by atomic mass is 16.5. The molecule has 8 bridgehead atoms. The van der Waals surface area contributed by atoms with Crippen LogP contribution in [0.5, 0.6) is 0 Å². The van der Waals surface area contributed by atoms with Crippen LogP contribution in [0, 0.1) is 47.3 Å². The first-order chi connectivity index (χ1) is 35.1. The molecule has 4 saturated carbocycles. The number of hydrogen-bond acceptors (Lipinski definition) is 13. The predicted octanol–water partition coefficient (Wildman–Crippen LogP) is 6.59. The number of esters is 1. The van der Waals surface area contributed by atoms with Crippen molar-refractivity contribution in [1.29, 1.82) is 0 Å². The normalized spacial score (nSPS) is 38.4. The molecule has 378 valence electrons. The summed E-state index contributed by atoms with van der Waals surface area (Å²) in [6, 6.07) is 12.7. The van der Waals surface area contributed by atoms with Crippen LogP contribution in [-0.4, -0.2) is 94.6 Å². The molecule has 5 heterocycles. The fraction of sp³-hybridized carbons (Fsp3) is 0.571. The van der Waals surface area contributed by atoms with Crippen molar-refractivity contribution in [3.05, 3.63) is 70.8 Å². The average Bonchev–Trinajstić information content (AvgIpc) is 4.13. The third-order valence-electron chi connectivity index (χ3n) is 19.9. The van der Waals surface area contributed by atoms with Gasteiger partial charge in [0.1, 0.15) is 6.10 Å². The summed E-state index contributed by atoms with van der Waals surface area (Å²) in [6.45, 7) is 0. The van der Waals surface area contributed by atoms with Crippen molar-refractivity contribution in [3.8, 4) is 0 Å². The van der Waals surface area contributed by atoms with Gasteiger partial charge in [0.05, 0.1) is 71.6 Å². The molecule has 16 heteroatoms. The van der Waals surface area contributed by atoms with Gasteiger partial charge in [0.2, 0.25) is 0 Å². The van der Waals surface area contributed by atoms with Crippen LogP contribution in [0.1, 0.15) is 138 Å². The number of hydrogen-bond donors (Lipinski definition) is 11. The van der Waals surface area contributed by atoms with E-state index in [-0.39, 0.29) is 94.2 Å². The van der Waals surface area contributed by atoms with Crippen molar-refractivity contribution in [3.63, 3.8) is 0 Å². The summed E-state index contributed by atoms with van der Waals surface area (Å²) in [7, 11) is 0. The lowest BCUT2D eigenvalue weighted by Crippen LogP contribution is -2.62. The Morgan fingerprint density at radius 2 is 0.639 bits per heavy atom. The monoisotopic (exact) mass is 979 g/mol. The zero-order chi connectivity index (χ0) is 48.7. The quantitative estimate of drug-likeness (QED) is 0.0507. The Bertz CT molecular complexity index is 2970. The molecule has 5 aliphatic heterocycles. The van der Waals surface area contributed by atoms with Gasteiger partial charge in [-0.3, -0.25) is 42.5 Å². The van der Waals surface area contributed by atoms with Gasteiger partial charge in [-0.05, 0) is 156 Å². The maximum Gasteiger partial charge on any atom is 0.339 e. The second kappa shape index (κ2) is 17.5. The minimum atomic E-state index is -1.26. The molecule has 5 saturated heterocycles. The molecule has 0 spiro atoms. The number of aromatic carboxylic acids is 3. The molecule has 72 heavy (non-hydrogen) atoms. The van der Waals surface area contributed by atoms with E-state index in [1.165, 1.54) is 88.8 Å². The largest absolute Gasteiger partial charge is 0.478 e. The number of ether oxygens (including phenoxy) is 1. The van der Waals surface area contributed by atoms with Crippen LogP contribution >= 0.6 is 0 Å². The summed E-state index contributed by atoms with van der Waals surface area (Å²) in [5.41, 5.74) is -0.195. The molecule has 17 unspecified atom stereocenters. The molecule has 17 atom stereocenters. The van der Waals surface area contributed by atoms with Crippen molar-refractivity contribution < 1.29 is 39.2 Å². The van der Waals surface area contributed by atoms with E-state index in [9.17, 15) is 29.7 Å². The van der Waals surface area contributed by atoms with Gasteiger partial charge >= 0.3 is 23.9 Å². The fourth-order valence-electron chi connectivity index (χ4n) is 16.9. The highest BCUT2D eigenvalue weighted by molar-refractivity contribution is 6.38. The molecule has 5 aromatic rings. The Morgan fingerprint density at radius 1 is 0.347 bits per heavy atom. The lowest BCUT2D eigenvalue weighted by atomic mass is 9.75. The van der Waals surface area contributed by atoms with Gasteiger partial charge in [0.25, 0.3) is 0 Å². The van der Waals surface area contributed by atoms with Gasteiger partial charge in [-0.25, -0.2) is 19.2 Å². The number of carboxylic acids is 3. The van der Waals surface area contributed by atoms with E-state index in [1.54, 1.807) is 30.3 Å². The van der Waals surface area contributed by atoms with Crippen molar-refractivity contribution in [2.45, 2.75) is 152 Å². The summed E-state index contributed by atoms with van der Waals surface area (Å²) in [5, 5.41) is 68.2. The van der Waals surface area contributed by atoms with Crippen molar-refractivity contribution in [2.75, 3.05) is 0 Å². The third-order valence-corrected chi connectivity index (χ3v) is 19.9. The molecule has 11 N–H and O–H groups in total. The number of benzene rings is 5. The third kappa shape index (κ3) is 7.06. The second-order valence-electron chi connectivity index (χ2n) is 23.2. The molecule has 14 rings (SSSR count). The predicted molar refractivity (Wildman–Crippen MR) is 270 cm³/mol. The summed E-state index contributed by atoms with van der Waals surface area (Å²) in [6.07, 6.45) is 17.6. The smallest absolute Gasteiger partial charge is 0.339 e. The molecule has 4 aliphatic carbocycles. The molecule has 9 aliphatic rings. The second-order valence-corrected chi connectivity index (χ2v) is 23.2. The maximum atomic E-state index is 15.2. The van der Waals surface area contributed by atoms with E-state index in [1.807, 2.05) is 0 Å². The Balaban J connectivity index is 0.837.